The van der Waals surface area contributed by atoms with Crippen LogP contribution in [0, 0.1) is 0 Å². The predicted molar refractivity (Wildman–Crippen MR) is 135 cm³/mol. The van der Waals surface area contributed by atoms with Crippen molar-refractivity contribution in [2.24, 2.45) is 4.99 Å². The zero-order chi connectivity index (χ0) is 24.9. The third-order valence-corrected chi connectivity index (χ3v) is 7.56. The van der Waals surface area contributed by atoms with E-state index in [-0.39, 0.29) is 22.6 Å². The fourth-order valence-corrected chi connectivity index (χ4v) is 6.02. The first-order valence-corrected chi connectivity index (χ1v) is 12.5. The SMILES string of the molecule is CCOC(=O)C1=C(C)N=c2s/c(=C3\C(=O)N(CC)c4ccccc43)c(=O)n2C1c1ccccc1Cl. The van der Waals surface area contributed by atoms with E-state index in [1.54, 1.807) is 43.0 Å². The highest BCUT2D eigenvalue weighted by atomic mass is 35.5. The van der Waals surface area contributed by atoms with Gasteiger partial charge in [-0.2, -0.15) is 0 Å². The molecule has 9 heteroatoms. The molecule has 3 heterocycles. The van der Waals surface area contributed by atoms with E-state index < -0.39 is 17.6 Å². The molecule has 0 N–H and O–H groups in total. The van der Waals surface area contributed by atoms with Gasteiger partial charge in [-0.25, -0.2) is 9.79 Å². The van der Waals surface area contributed by atoms with Gasteiger partial charge in [-0.3, -0.25) is 14.2 Å². The zero-order valence-electron chi connectivity index (χ0n) is 19.4. The number of halogens is 1. The minimum absolute atomic E-state index is 0.178. The number of benzene rings is 2. The number of hydrogen-bond donors (Lipinski definition) is 0. The maximum atomic E-state index is 14.0. The third kappa shape index (κ3) is 3.56. The van der Waals surface area contributed by atoms with Crippen LogP contribution in [-0.4, -0.2) is 29.6 Å². The van der Waals surface area contributed by atoms with E-state index in [2.05, 4.69) is 4.99 Å². The van der Waals surface area contributed by atoms with Gasteiger partial charge in [0.25, 0.3) is 11.5 Å². The molecule has 0 saturated heterocycles. The summed E-state index contributed by atoms with van der Waals surface area (Å²) in [6.07, 6.45) is 0. The van der Waals surface area contributed by atoms with E-state index >= 15 is 0 Å². The molecule has 5 rings (SSSR count). The van der Waals surface area contributed by atoms with Crippen LogP contribution in [0.25, 0.3) is 5.57 Å². The number of para-hydroxylation sites is 1. The number of allylic oxidation sites excluding steroid dienone is 1. The van der Waals surface area contributed by atoms with E-state index in [0.717, 1.165) is 17.0 Å². The second kappa shape index (κ2) is 8.94. The Hall–Kier alpha value is -3.49. The molecule has 2 aromatic carbocycles. The number of nitrogens with zero attached hydrogens (tertiary/aromatic N) is 3. The maximum absolute atomic E-state index is 14.0. The Balaban J connectivity index is 1.85. The van der Waals surface area contributed by atoms with E-state index in [0.29, 0.717) is 38.8 Å². The third-order valence-electron chi connectivity index (χ3n) is 6.16. The molecule has 1 unspecified atom stereocenters. The number of anilines is 1. The van der Waals surface area contributed by atoms with Crippen LogP contribution in [0.1, 0.15) is 37.9 Å². The Morgan fingerprint density at radius 1 is 1.11 bits per heavy atom. The molecule has 3 aromatic rings. The lowest BCUT2D eigenvalue weighted by Gasteiger charge is -2.25. The summed E-state index contributed by atoms with van der Waals surface area (Å²) < 4.78 is 7.06. The van der Waals surface area contributed by atoms with Gasteiger partial charge >= 0.3 is 5.97 Å². The summed E-state index contributed by atoms with van der Waals surface area (Å²) in [5, 5.41) is 0.409. The lowest BCUT2D eigenvalue weighted by Crippen LogP contribution is -2.41. The number of aromatic nitrogens is 1. The van der Waals surface area contributed by atoms with E-state index in [4.69, 9.17) is 16.3 Å². The van der Waals surface area contributed by atoms with Crippen LogP contribution in [0.3, 0.4) is 0 Å². The van der Waals surface area contributed by atoms with Crippen molar-refractivity contribution in [3.63, 3.8) is 0 Å². The summed E-state index contributed by atoms with van der Waals surface area (Å²) in [4.78, 5) is 47.0. The molecule has 1 aromatic heterocycles. The summed E-state index contributed by atoms with van der Waals surface area (Å²) in [6, 6.07) is 13.7. The fourth-order valence-electron chi connectivity index (χ4n) is 4.65. The smallest absolute Gasteiger partial charge is 0.338 e. The number of carbonyl (C=O) groups is 2. The first-order valence-electron chi connectivity index (χ1n) is 11.3. The molecule has 2 aliphatic heterocycles. The summed E-state index contributed by atoms with van der Waals surface area (Å²) >= 11 is 7.69. The van der Waals surface area contributed by atoms with Gasteiger partial charge in [0.1, 0.15) is 10.6 Å². The van der Waals surface area contributed by atoms with Crippen LogP contribution in [0.5, 0.6) is 0 Å². The topological polar surface area (TPSA) is 81.0 Å². The molecule has 35 heavy (non-hydrogen) atoms. The number of ether oxygens (including phenoxy) is 1. The number of carbonyl (C=O) groups excluding carboxylic acids is 2. The first kappa shape index (κ1) is 23.3. The monoisotopic (exact) mass is 507 g/mol. The average Bonchev–Trinajstić information content (AvgIpc) is 3.30. The largest absolute Gasteiger partial charge is 0.463 e. The van der Waals surface area contributed by atoms with Crippen LogP contribution in [-0.2, 0) is 14.3 Å². The molecule has 0 radical (unpaired) electrons. The second-order valence-electron chi connectivity index (χ2n) is 8.09. The van der Waals surface area contributed by atoms with Gasteiger partial charge in [0.2, 0.25) is 0 Å². The lowest BCUT2D eigenvalue weighted by atomic mass is 9.96. The highest BCUT2D eigenvalue weighted by Crippen LogP contribution is 2.36. The van der Waals surface area contributed by atoms with Gasteiger partial charge in [0.05, 0.1) is 29.1 Å². The Morgan fingerprint density at radius 2 is 1.83 bits per heavy atom. The number of rotatable bonds is 4. The molecule has 0 fully saturated rings. The molecule has 0 spiro atoms. The number of thiazole rings is 1. The van der Waals surface area contributed by atoms with Crippen molar-refractivity contribution < 1.29 is 14.3 Å². The molecule has 0 saturated carbocycles. The first-order chi connectivity index (χ1) is 16.9. The minimum Gasteiger partial charge on any atom is -0.463 e. The van der Waals surface area contributed by atoms with Crippen LogP contribution in [0.4, 0.5) is 5.69 Å². The predicted octanol–water partition coefficient (Wildman–Crippen LogP) is 3.19. The maximum Gasteiger partial charge on any atom is 0.338 e. The number of esters is 1. The molecule has 0 aliphatic carbocycles. The molecule has 0 bridgehead atoms. The molecule has 1 atom stereocenters. The van der Waals surface area contributed by atoms with Gasteiger partial charge in [0, 0.05) is 17.1 Å². The highest BCUT2D eigenvalue weighted by Gasteiger charge is 2.37. The van der Waals surface area contributed by atoms with Crippen molar-refractivity contribution in [2.45, 2.75) is 26.8 Å². The Bertz CT molecular complexity index is 1600. The van der Waals surface area contributed by atoms with E-state index in [1.165, 1.54) is 4.57 Å². The molecule has 2 aliphatic rings. The molecule has 7 nitrogen and oxygen atoms in total. The normalized spacial score (nSPS) is 18.3. The van der Waals surface area contributed by atoms with Gasteiger partial charge in [-0.05, 0) is 38.5 Å². The van der Waals surface area contributed by atoms with Crippen molar-refractivity contribution in [1.82, 2.24) is 4.57 Å². The Labute approximate surface area is 210 Å². The van der Waals surface area contributed by atoms with Crippen LogP contribution < -0.4 is 19.8 Å². The standard InChI is InChI=1S/C26H22ClN3O4S/c1-4-29-18-13-9-7-11-16(18)20(23(29)31)22-24(32)30-21(15-10-6-8-12-17(15)27)19(25(33)34-5-2)14(3)28-26(30)35-22/h6-13,21H,4-5H2,1-3H3/b22-20-. The van der Waals surface area contributed by atoms with Crippen LogP contribution in [0.2, 0.25) is 5.02 Å². The second-order valence-corrected chi connectivity index (χ2v) is 9.47. The van der Waals surface area contributed by atoms with Crippen molar-refractivity contribution in [3.05, 3.63) is 95.6 Å². The minimum atomic E-state index is -0.831. The molecule has 178 valence electrons. The Kier molecular flexibility index (Phi) is 5.94. The van der Waals surface area contributed by atoms with Crippen molar-refractivity contribution in [1.29, 1.82) is 0 Å². The quantitative estimate of drug-likeness (QED) is 0.508. The van der Waals surface area contributed by atoms with Crippen molar-refractivity contribution in [2.75, 3.05) is 18.1 Å². The number of hydrogen-bond acceptors (Lipinski definition) is 6. The van der Waals surface area contributed by atoms with E-state index in [9.17, 15) is 14.4 Å². The zero-order valence-corrected chi connectivity index (χ0v) is 20.9. The van der Waals surface area contributed by atoms with Crippen LogP contribution >= 0.6 is 22.9 Å². The van der Waals surface area contributed by atoms with Gasteiger partial charge in [-0.15, -0.1) is 0 Å². The van der Waals surface area contributed by atoms with E-state index in [1.807, 2.05) is 31.2 Å². The average molecular weight is 508 g/mol. The highest BCUT2D eigenvalue weighted by molar-refractivity contribution is 7.07. The lowest BCUT2D eigenvalue weighted by molar-refractivity contribution is -0.139. The van der Waals surface area contributed by atoms with Gasteiger partial charge < -0.3 is 9.64 Å². The number of likely N-dealkylation sites (N-methyl/N-ethyl adjacent to an activating group) is 1. The summed E-state index contributed by atoms with van der Waals surface area (Å²) in [6.45, 7) is 5.98. The number of fused-ring (bicyclic) bond motifs is 2. The van der Waals surface area contributed by atoms with Crippen molar-refractivity contribution in [3.8, 4) is 0 Å². The summed E-state index contributed by atoms with van der Waals surface area (Å²) in [5.41, 5.74) is 2.70. The van der Waals surface area contributed by atoms with Crippen molar-refractivity contribution >= 4 is 46.1 Å². The van der Waals surface area contributed by atoms with Gasteiger partial charge in [0.15, 0.2) is 4.80 Å². The fraction of sp³-hybridized carbons (Fsp3) is 0.231. The number of amides is 1. The summed E-state index contributed by atoms with van der Waals surface area (Å²) in [5.74, 6) is -0.786. The van der Waals surface area contributed by atoms with Gasteiger partial charge in [-0.1, -0.05) is 59.3 Å². The molecular weight excluding hydrogens is 486 g/mol. The molecule has 1 amide bonds. The van der Waals surface area contributed by atoms with Crippen LogP contribution in [0.15, 0.2) is 69.6 Å². The molecular formula is C26H22ClN3O4S. The summed E-state index contributed by atoms with van der Waals surface area (Å²) in [7, 11) is 0. The Morgan fingerprint density at radius 3 is 2.54 bits per heavy atom.